The number of nitrogens with zero attached hydrogens (tertiary/aromatic N) is 3. The summed E-state index contributed by atoms with van der Waals surface area (Å²) >= 11 is 0. The van der Waals surface area contributed by atoms with Gasteiger partial charge < -0.3 is 14.8 Å². The smallest absolute Gasteiger partial charge is 0.0498 e. The third kappa shape index (κ3) is 4.23. The van der Waals surface area contributed by atoms with Gasteiger partial charge in [0.2, 0.25) is 0 Å². The molecule has 2 fully saturated rings. The van der Waals surface area contributed by atoms with Gasteiger partial charge in [-0.15, -0.1) is 0 Å². The molecule has 2 saturated heterocycles. The fraction of sp³-hybridized carbons (Fsp3) is 0.536. The molecule has 0 radical (unpaired) electrons. The topological polar surface area (TPSA) is 35.2 Å². The average Bonchev–Trinajstić information content (AvgIpc) is 3.22. The fourth-order valence-corrected chi connectivity index (χ4v) is 6.02. The van der Waals surface area contributed by atoms with Crippen LogP contribution < -0.4 is 0 Å². The molecule has 0 atom stereocenters. The minimum Gasteiger partial charge on any atom is -0.354 e. The number of aryl methyl sites for hydroxylation is 1. The maximum Gasteiger partial charge on any atom is 0.0498 e. The van der Waals surface area contributed by atoms with Crippen LogP contribution in [-0.2, 0) is 6.42 Å². The van der Waals surface area contributed by atoms with Crippen molar-refractivity contribution in [1.29, 1.82) is 0 Å². The van der Waals surface area contributed by atoms with Gasteiger partial charge in [0, 0.05) is 46.6 Å². The molecule has 0 unspecified atom stereocenters. The number of rotatable bonds is 5. The fourth-order valence-electron chi connectivity index (χ4n) is 6.02. The first-order chi connectivity index (χ1) is 15.6. The van der Waals surface area contributed by atoms with Crippen molar-refractivity contribution in [3.05, 3.63) is 53.9 Å². The zero-order valence-corrected chi connectivity index (χ0v) is 20.0. The molecule has 170 valence electrons. The summed E-state index contributed by atoms with van der Waals surface area (Å²) in [4.78, 5) is 13.3. The highest BCUT2D eigenvalue weighted by Gasteiger charge is 2.29. The summed E-state index contributed by atoms with van der Waals surface area (Å²) < 4.78 is 0. The van der Waals surface area contributed by atoms with Crippen LogP contribution in [0.25, 0.3) is 22.2 Å². The van der Waals surface area contributed by atoms with Gasteiger partial charge in [0.1, 0.15) is 0 Å². The first-order valence-electron chi connectivity index (χ1n) is 12.7. The largest absolute Gasteiger partial charge is 0.354 e. The standard InChI is InChI=1S/C28H38N4/c1-4-25-26-19-23(5-6-27(26)30-28(25)22-7-13-29-14-8-22)21-9-15-32(16-10-21)24-11-17-31(18-12-24)20(2)3/h5-8,13-14,19-21,24,30H,4,9-12,15-18H2,1-3H3. The highest BCUT2D eigenvalue weighted by Crippen LogP contribution is 2.36. The summed E-state index contributed by atoms with van der Waals surface area (Å²) in [6.45, 7) is 12.0. The van der Waals surface area contributed by atoms with Crippen LogP contribution in [-0.4, -0.2) is 58.0 Å². The van der Waals surface area contributed by atoms with E-state index in [0.717, 1.165) is 12.5 Å². The summed E-state index contributed by atoms with van der Waals surface area (Å²) in [5, 5.41) is 1.40. The van der Waals surface area contributed by atoms with Gasteiger partial charge in [0.25, 0.3) is 0 Å². The molecule has 2 aliphatic heterocycles. The van der Waals surface area contributed by atoms with E-state index in [1.165, 1.54) is 85.1 Å². The maximum absolute atomic E-state index is 4.19. The highest BCUT2D eigenvalue weighted by molar-refractivity contribution is 5.91. The van der Waals surface area contributed by atoms with Crippen molar-refractivity contribution < 1.29 is 0 Å². The van der Waals surface area contributed by atoms with Crippen molar-refractivity contribution in [2.45, 2.75) is 70.9 Å². The van der Waals surface area contributed by atoms with Crippen molar-refractivity contribution in [2.24, 2.45) is 0 Å². The summed E-state index contributed by atoms with van der Waals surface area (Å²) in [7, 11) is 0. The number of fused-ring (bicyclic) bond motifs is 1. The van der Waals surface area contributed by atoms with Gasteiger partial charge in [-0.1, -0.05) is 13.0 Å². The number of benzene rings is 1. The summed E-state index contributed by atoms with van der Waals surface area (Å²) in [5.41, 5.74) is 6.70. The van der Waals surface area contributed by atoms with Crippen LogP contribution in [0.1, 0.15) is 63.5 Å². The molecule has 5 rings (SSSR count). The predicted octanol–water partition coefficient (Wildman–Crippen LogP) is 5.84. The number of hydrogen-bond donors (Lipinski definition) is 1. The van der Waals surface area contributed by atoms with E-state index in [2.05, 4.69) is 70.9 Å². The Bertz CT molecular complexity index is 1020. The van der Waals surface area contributed by atoms with Gasteiger partial charge in [0.05, 0.1) is 0 Å². The van der Waals surface area contributed by atoms with Crippen LogP contribution in [0.2, 0.25) is 0 Å². The molecule has 32 heavy (non-hydrogen) atoms. The Morgan fingerprint density at radius 3 is 2.34 bits per heavy atom. The normalized spacial score (nSPS) is 19.9. The molecule has 2 aromatic heterocycles. The van der Waals surface area contributed by atoms with E-state index in [0.29, 0.717) is 12.0 Å². The third-order valence-corrected chi connectivity index (χ3v) is 8.00. The molecule has 0 aliphatic carbocycles. The quantitative estimate of drug-likeness (QED) is 0.552. The van der Waals surface area contributed by atoms with Crippen molar-refractivity contribution in [1.82, 2.24) is 19.8 Å². The lowest BCUT2D eigenvalue weighted by molar-refractivity contribution is 0.0753. The molecule has 1 aromatic carbocycles. The van der Waals surface area contributed by atoms with Crippen LogP contribution in [0, 0.1) is 0 Å². The zero-order valence-electron chi connectivity index (χ0n) is 20.0. The molecule has 0 spiro atoms. The lowest BCUT2D eigenvalue weighted by Gasteiger charge is -2.43. The van der Waals surface area contributed by atoms with E-state index >= 15 is 0 Å². The second-order valence-electron chi connectivity index (χ2n) is 10.0. The van der Waals surface area contributed by atoms with E-state index in [1.54, 1.807) is 0 Å². The van der Waals surface area contributed by atoms with E-state index in [9.17, 15) is 0 Å². The summed E-state index contributed by atoms with van der Waals surface area (Å²) in [6.07, 6.45) is 10.1. The second kappa shape index (κ2) is 9.36. The number of likely N-dealkylation sites (tertiary alicyclic amines) is 2. The molecule has 1 N–H and O–H groups in total. The van der Waals surface area contributed by atoms with Gasteiger partial charge in [-0.25, -0.2) is 0 Å². The number of H-pyrrole nitrogens is 1. The number of piperidine rings is 2. The Kier molecular flexibility index (Phi) is 6.34. The molecule has 4 heteroatoms. The molecule has 4 heterocycles. The number of nitrogens with one attached hydrogen (secondary N) is 1. The third-order valence-electron chi connectivity index (χ3n) is 8.00. The number of pyridine rings is 1. The van der Waals surface area contributed by atoms with Crippen LogP contribution in [0.5, 0.6) is 0 Å². The summed E-state index contributed by atoms with van der Waals surface area (Å²) in [6, 6.07) is 12.9. The number of aromatic amines is 1. The molecule has 0 bridgehead atoms. The van der Waals surface area contributed by atoms with Crippen LogP contribution in [0.3, 0.4) is 0 Å². The lowest BCUT2D eigenvalue weighted by atomic mass is 9.87. The van der Waals surface area contributed by atoms with Crippen molar-refractivity contribution >= 4 is 10.9 Å². The zero-order chi connectivity index (χ0) is 22.1. The predicted molar refractivity (Wildman–Crippen MR) is 134 cm³/mol. The van der Waals surface area contributed by atoms with Gasteiger partial charge >= 0.3 is 0 Å². The van der Waals surface area contributed by atoms with Gasteiger partial charge in [0.15, 0.2) is 0 Å². The Morgan fingerprint density at radius 1 is 0.969 bits per heavy atom. The molecule has 0 saturated carbocycles. The highest BCUT2D eigenvalue weighted by atomic mass is 15.2. The SMILES string of the molecule is CCc1c(-c2ccncc2)[nH]c2ccc(C3CCN(C4CCN(C(C)C)CC4)CC3)cc12. The van der Waals surface area contributed by atoms with Gasteiger partial charge in [-0.3, -0.25) is 4.98 Å². The van der Waals surface area contributed by atoms with Crippen LogP contribution >= 0.6 is 0 Å². The number of hydrogen-bond acceptors (Lipinski definition) is 3. The first-order valence-corrected chi connectivity index (χ1v) is 12.7. The molecule has 4 nitrogen and oxygen atoms in total. The molecule has 2 aliphatic rings. The Hall–Kier alpha value is -2.17. The van der Waals surface area contributed by atoms with E-state index in [1.807, 2.05) is 12.4 Å². The lowest BCUT2D eigenvalue weighted by Crippen LogP contribution is -2.48. The minimum absolute atomic E-state index is 0.690. The second-order valence-corrected chi connectivity index (χ2v) is 10.0. The first kappa shape index (κ1) is 21.7. The van der Waals surface area contributed by atoms with Gasteiger partial charge in [-0.2, -0.15) is 0 Å². The average molecular weight is 431 g/mol. The van der Waals surface area contributed by atoms with E-state index in [4.69, 9.17) is 0 Å². The van der Waals surface area contributed by atoms with Crippen molar-refractivity contribution in [3.63, 3.8) is 0 Å². The van der Waals surface area contributed by atoms with E-state index < -0.39 is 0 Å². The van der Waals surface area contributed by atoms with Crippen LogP contribution in [0.15, 0.2) is 42.7 Å². The molecular weight excluding hydrogens is 392 g/mol. The van der Waals surface area contributed by atoms with Crippen molar-refractivity contribution in [2.75, 3.05) is 26.2 Å². The molecular formula is C28H38N4. The van der Waals surface area contributed by atoms with Crippen molar-refractivity contribution in [3.8, 4) is 11.3 Å². The number of aromatic nitrogens is 2. The van der Waals surface area contributed by atoms with E-state index in [-0.39, 0.29) is 0 Å². The van der Waals surface area contributed by atoms with Gasteiger partial charge in [-0.05, 0) is 113 Å². The monoisotopic (exact) mass is 430 g/mol. The summed E-state index contributed by atoms with van der Waals surface area (Å²) in [5.74, 6) is 0.690. The minimum atomic E-state index is 0.690. The molecule has 0 amide bonds. The Labute approximate surface area is 193 Å². The Balaban J connectivity index is 1.29. The van der Waals surface area contributed by atoms with Crippen LogP contribution in [0.4, 0.5) is 0 Å². The maximum atomic E-state index is 4.19. The molecule has 3 aromatic rings. The Morgan fingerprint density at radius 2 is 1.69 bits per heavy atom.